The monoisotopic (exact) mass is 365 g/mol. The number of benzene rings is 2. The van der Waals surface area contributed by atoms with Crippen LogP contribution in [0.15, 0.2) is 42.5 Å². The van der Waals surface area contributed by atoms with Gasteiger partial charge in [0.1, 0.15) is 5.82 Å². The molecule has 0 spiro atoms. The Labute approximate surface area is 146 Å². The van der Waals surface area contributed by atoms with Crippen LogP contribution in [0.3, 0.4) is 0 Å². The first kappa shape index (κ1) is 18.3. The summed E-state index contributed by atoms with van der Waals surface area (Å²) in [6, 6.07) is 9.24. The Morgan fingerprint density at radius 1 is 1.12 bits per heavy atom. The molecule has 2 N–H and O–H groups in total. The summed E-state index contributed by atoms with van der Waals surface area (Å²) in [6.45, 7) is 0.167. The molecule has 0 radical (unpaired) electrons. The molecule has 9 heteroatoms. The van der Waals surface area contributed by atoms with E-state index in [9.17, 15) is 24.1 Å². The third-order valence-corrected chi connectivity index (χ3v) is 3.56. The zero-order valence-corrected chi connectivity index (χ0v) is 13.5. The van der Waals surface area contributed by atoms with Crippen LogP contribution in [0, 0.1) is 15.9 Å². The fraction of sp³-hybridized carbons (Fsp3) is 0.125. The fourth-order valence-corrected chi connectivity index (χ4v) is 2.12. The lowest BCUT2D eigenvalue weighted by Gasteiger charge is -2.08. The van der Waals surface area contributed by atoms with Gasteiger partial charge in [-0.2, -0.15) is 0 Å². The zero-order chi connectivity index (χ0) is 18.4. The molecule has 7 nitrogen and oxygen atoms in total. The summed E-state index contributed by atoms with van der Waals surface area (Å²) in [5.41, 5.74) is 0.495. The van der Waals surface area contributed by atoms with E-state index in [1.54, 1.807) is 12.1 Å². The van der Waals surface area contributed by atoms with Crippen molar-refractivity contribution in [3.63, 3.8) is 0 Å². The third-order valence-electron chi connectivity index (χ3n) is 3.23. The van der Waals surface area contributed by atoms with Crippen molar-refractivity contribution >= 4 is 34.8 Å². The number of amides is 2. The summed E-state index contributed by atoms with van der Waals surface area (Å²) < 4.78 is 12.8. The molecule has 2 rings (SSSR count). The maximum Gasteiger partial charge on any atom is 0.313 e. The Kier molecular flexibility index (Phi) is 6.02. The Hall–Kier alpha value is -3.00. The normalized spacial score (nSPS) is 10.2. The largest absolute Gasteiger partial charge is 0.347 e. The maximum absolute atomic E-state index is 12.8. The van der Waals surface area contributed by atoms with Gasteiger partial charge in [-0.25, -0.2) is 4.39 Å². The predicted molar refractivity (Wildman–Crippen MR) is 89.8 cm³/mol. The maximum atomic E-state index is 12.8. The molecule has 0 saturated heterocycles. The fourth-order valence-electron chi connectivity index (χ4n) is 1.95. The molecular weight excluding hydrogens is 353 g/mol. The molecule has 0 fully saturated rings. The molecule has 0 atom stereocenters. The second-order valence-corrected chi connectivity index (χ2v) is 5.41. The van der Waals surface area contributed by atoms with Crippen molar-refractivity contribution in [3.05, 3.63) is 69.0 Å². The van der Waals surface area contributed by atoms with E-state index in [0.29, 0.717) is 6.42 Å². The van der Waals surface area contributed by atoms with Crippen molar-refractivity contribution < 1.29 is 18.9 Å². The van der Waals surface area contributed by atoms with Gasteiger partial charge in [0.2, 0.25) is 0 Å². The van der Waals surface area contributed by atoms with Crippen LogP contribution in [0.1, 0.15) is 5.56 Å². The molecule has 0 unspecified atom stereocenters. The van der Waals surface area contributed by atoms with Gasteiger partial charge in [-0.05, 0) is 30.2 Å². The summed E-state index contributed by atoms with van der Waals surface area (Å²) in [6.07, 6.45) is 0.414. The smallest absolute Gasteiger partial charge is 0.313 e. The molecule has 0 heterocycles. The van der Waals surface area contributed by atoms with Crippen LogP contribution in [-0.2, 0) is 16.0 Å². The number of nitro groups is 1. The van der Waals surface area contributed by atoms with Gasteiger partial charge in [0.15, 0.2) is 0 Å². The lowest BCUT2D eigenvalue weighted by molar-refractivity contribution is -0.384. The molecule has 2 amide bonds. The Morgan fingerprint density at radius 2 is 1.80 bits per heavy atom. The van der Waals surface area contributed by atoms with Gasteiger partial charge in [0.05, 0.1) is 15.6 Å². The van der Waals surface area contributed by atoms with Gasteiger partial charge in [0, 0.05) is 18.7 Å². The highest BCUT2D eigenvalue weighted by Gasteiger charge is 2.17. The van der Waals surface area contributed by atoms with E-state index in [-0.39, 0.29) is 28.8 Å². The van der Waals surface area contributed by atoms with Crippen LogP contribution in [0.25, 0.3) is 0 Å². The number of anilines is 1. The summed E-state index contributed by atoms with van der Waals surface area (Å²) >= 11 is 5.85. The number of non-ortho nitro benzene ring substituents is 1. The lowest BCUT2D eigenvalue weighted by atomic mass is 10.1. The van der Waals surface area contributed by atoms with E-state index in [1.165, 1.54) is 24.3 Å². The quantitative estimate of drug-likeness (QED) is 0.483. The molecule has 25 heavy (non-hydrogen) atoms. The second kappa shape index (κ2) is 8.20. The third kappa shape index (κ3) is 5.25. The minimum atomic E-state index is -0.999. The van der Waals surface area contributed by atoms with E-state index < -0.39 is 16.7 Å². The van der Waals surface area contributed by atoms with Crippen molar-refractivity contribution in [3.8, 4) is 0 Å². The molecule has 0 aliphatic carbocycles. The number of hydrogen-bond donors (Lipinski definition) is 2. The first-order chi connectivity index (χ1) is 11.9. The van der Waals surface area contributed by atoms with Crippen molar-refractivity contribution in [1.82, 2.24) is 5.32 Å². The van der Waals surface area contributed by atoms with Crippen LogP contribution in [0.4, 0.5) is 15.8 Å². The Morgan fingerprint density at radius 3 is 2.44 bits per heavy atom. The summed E-state index contributed by atoms with van der Waals surface area (Å²) in [7, 11) is 0. The van der Waals surface area contributed by atoms with Gasteiger partial charge in [-0.15, -0.1) is 0 Å². The highest BCUT2D eigenvalue weighted by atomic mass is 35.5. The number of nitro benzene ring substituents is 1. The summed E-state index contributed by atoms with van der Waals surface area (Å²) in [5, 5.41) is 15.4. The first-order valence-corrected chi connectivity index (χ1v) is 7.52. The molecule has 0 saturated carbocycles. The van der Waals surface area contributed by atoms with Gasteiger partial charge in [-0.1, -0.05) is 23.7 Å². The van der Waals surface area contributed by atoms with Crippen LogP contribution < -0.4 is 10.6 Å². The van der Waals surface area contributed by atoms with Crippen molar-refractivity contribution in [1.29, 1.82) is 0 Å². The highest BCUT2D eigenvalue weighted by molar-refractivity contribution is 6.41. The average molecular weight is 366 g/mol. The number of rotatable bonds is 5. The molecule has 130 valence electrons. The number of nitrogens with one attached hydrogen (secondary N) is 2. The second-order valence-electron chi connectivity index (χ2n) is 5.01. The summed E-state index contributed by atoms with van der Waals surface area (Å²) in [4.78, 5) is 33.7. The van der Waals surface area contributed by atoms with Gasteiger partial charge in [-0.3, -0.25) is 19.7 Å². The Balaban J connectivity index is 1.90. The first-order valence-electron chi connectivity index (χ1n) is 7.14. The van der Waals surface area contributed by atoms with Crippen LogP contribution in [-0.4, -0.2) is 23.3 Å². The van der Waals surface area contributed by atoms with Crippen molar-refractivity contribution in [2.75, 3.05) is 11.9 Å². The van der Waals surface area contributed by atoms with E-state index in [4.69, 9.17) is 11.6 Å². The predicted octanol–water partition coefficient (Wildman–Crippen LogP) is 2.68. The topological polar surface area (TPSA) is 101 Å². The number of halogens is 2. The standard InChI is InChI=1S/C16H13ClFN3O4/c17-13-6-5-12(21(24)25)9-14(13)20-16(23)15(22)19-8-7-10-1-3-11(18)4-2-10/h1-6,9H,7-8H2,(H,19,22)(H,20,23). The molecular formula is C16H13ClFN3O4. The molecule has 0 aliphatic rings. The number of carbonyl (C=O) groups excluding carboxylic acids is 2. The minimum Gasteiger partial charge on any atom is -0.347 e. The van der Waals surface area contributed by atoms with E-state index >= 15 is 0 Å². The van der Waals surface area contributed by atoms with Crippen LogP contribution in [0.2, 0.25) is 5.02 Å². The molecule has 0 bridgehead atoms. The SMILES string of the molecule is O=C(NCCc1ccc(F)cc1)C(=O)Nc1cc([N+](=O)[O-])ccc1Cl. The van der Waals surface area contributed by atoms with Crippen LogP contribution in [0.5, 0.6) is 0 Å². The van der Waals surface area contributed by atoms with Crippen molar-refractivity contribution in [2.45, 2.75) is 6.42 Å². The van der Waals surface area contributed by atoms with E-state index in [1.807, 2.05) is 0 Å². The Bertz CT molecular complexity index is 812. The number of carbonyl (C=O) groups is 2. The van der Waals surface area contributed by atoms with Gasteiger partial charge in [0.25, 0.3) is 5.69 Å². The number of hydrogen-bond acceptors (Lipinski definition) is 4. The molecule has 2 aromatic carbocycles. The van der Waals surface area contributed by atoms with E-state index in [0.717, 1.165) is 11.6 Å². The summed E-state index contributed by atoms with van der Waals surface area (Å²) in [5.74, 6) is -2.27. The van der Waals surface area contributed by atoms with Crippen LogP contribution >= 0.6 is 11.6 Å². The average Bonchev–Trinajstić information content (AvgIpc) is 2.58. The highest BCUT2D eigenvalue weighted by Crippen LogP contribution is 2.26. The molecule has 2 aromatic rings. The van der Waals surface area contributed by atoms with Gasteiger partial charge >= 0.3 is 11.8 Å². The number of nitrogens with zero attached hydrogens (tertiary/aromatic N) is 1. The molecule has 0 aliphatic heterocycles. The van der Waals surface area contributed by atoms with E-state index in [2.05, 4.69) is 10.6 Å². The van der Waals surface area contributed by atoms with Crippen molar-refractivity contribution in [2.24, 2.45) is 0 Å². The minimum absolute atomic E-state index is 0.0328. The zero-order valence-electron chi connectivity index (χ0n) is 12.8. The van der Waals surface area contributed by atoms with Gasteiger partial charge < -0.3 is 10.6 Å². The lowest BCUT2D eigenvalue weighted by Crippen LogP contribution is -2.36. The molecule has 0 aromatic heterocycles.